The van der Waals surface area contributed by atoms with Gasteiger partial charge in [0.15, 0.2) is 5.11 Å². The van der Waals surface area contributed by atoms with E-state index >= 15 is 0 Å². The fourth-order valence-electron chi connectivity index (χ4n) is 1.74. The van der Waals surface area contributed by atoms with Crippen LogP contribution >= 0.6 is 24.0 Å². The number of amides is 1. The van der Waals surface area contributed by atoms with E-state index in [4.69, 9.17) is 12.2 Å². The summed E-state index contributed by atoms with van der Waals surface area (Å²) in [4.78, 5) is 13.1. The standard InChI is InChI=1S/C16H17N3O2S2/c20-14-9-5-4-8-13(14)15(21)18-19-16(22)17-10-11-23-12-6-2-1-3-7-12/h1-9,20H,10-11H2,(H,18,21)(H2,17,19,22). The van der Waals surface area contributed by atoms with E-state index in [1.54, 1.807) is 23.9 Å². The van der Waals surface area contributed by atoms with Gasteiger partial charge in [-0.3, -0.25) is 15.6 Å². The molecule has 0 fully saturated rings. The average Bonchev–Trinajstić information content (AvgIpc) is 2.58. The van der Waals surface area contributed by atoms with Crippen molar-refractivity contribution in [3.8, 4) is 5.75 Å². The summed E-state index contributed by atoms with van der Waals surface area (Å²) in [6.45, 7) is 0.665. The van der Waals surface area contributed by atoms with Crippen molar-refractivity contribution >= 4 is 35.0 Å². The van der Waals surface area contributed by atoms with Crippen LogP contribution in [0.2, 0.25) is 0 Å². The molecule has 0 unspecified atom stereocenters. The number of carbonyl (C=O) groups excluding carboxylic acids is 1. The highest BCUT2D eigenvalue weighted by Gasteiger charge is 2.09. The zero-order chi connectivity index (χ0) is 16.5. The summed E-state index contributed by atoms with van der Waals surface area (Å²) < 4.78 is 0. The predicted molar refractivity (Wildman–Crippen MR) is 96.5 cm³/mol. The van der Waals surface area contributed by atoms with E-state index in [1.807, 2.05) is 30.3 Å². The third kappa shape index (κ3) is 5.80. The molecule has 0 aliphatic rings. The van der Waals surface area contributed by atoms with Gasteiger partial charge in [-0.1, -0.05) is 30.3 Å². The Hall–Kier alpha value is -2.25. The van der Waals surface area contributed by atoms with Crippen molar-refractivity contribution < 1.29 is 9.90 Å². The molecule has 120 valence electrons. The molecule has 0 atom stereocenters. The summed E-state index contributed by atoms with van der Waals surface area (Å²) in [6, 6.07) is 16.4. The van der Waals surface area contributed by atoms with Gasteiger partial charge in [-0.25, -0.2) is 0 Å². The molecule has 0 aliphatic heterocycles. The Bertz CT molecular complexity index is 665. The van der Waals surface area contributed by atoms with Gasteiger partial charge < -0.3 is 10.4 Å². The first kappa shape index (κ1) is 17.1. The highest BCUT2D eigenvalue weighted by atomic mass is 32.2. The fourth-order valence-corrected chi connectivity index (χ4v) is 2.68. The number of aromatic hydroxyl groups is 1. The minimum atomic E-state index is -0.453. The molecule has 4 N–H and O–H groups in total. The Kier molecular flexibility index (Phi) is 6.71. The van der Waals surface area contributed by atoms with Crippen molar-refractivity contribution in [2.45, 2.75) is 4.90 Å². The lowest BCUT2D eigenvalue weighted by Crippen LogP contribution is -2.47. The van der Waals surface area contributed by atoms with Crippen molar-refractivity contribution in [1.29, 1.82) is 0 Å². The Morgan fingerprint density at radius 3 is 2.48 bits per heavy atom. The first-order chi connectivity index (χ1) is 11.2. The molecule has 0 aromatic heterocycles. The number of carbonyl (C=O) groups is 1. The van der Waals surface area contributed by atoms with E-state index in [0.29, 0.717) is 11.7 Å². The van der Waals surface area contributed by atoms with Gasteiger partial charge in [-0.2, -0.15) is 0 Å². The number of hydrogen-bond donors (Lipinski definition) is 4. The summed E-state index contributed by atoms with van der Waals surface area (Å²) in [7, 11) is 0. The second kappa shape index (κ2) is 9.02. The lowest BCUT2D eigenvalue weighted by Gasteiger charge is -2.12. The van der Waals surface area contributed by atoms with Crippen LogP contribution in [-0.2, 0) is 0 Å². The average molecular weight is 347 g/mol. The van der Waals surface area contributed by atoms with Crippen LogP contribution in [-0.4, -0.2) is 28.4 Å². The summed E-state index contributed by atoms with van der Waals surface area (Å²) in [5.74, 6) is 0.315. The molecule has 2 aromatic rings. The molecule has 7 heteroatoms. The maximum absolute atomic E-state index is 11.9. The Morgan fingerprint density at radius 2 is 1.74 bits per heavy atom. The summed E-state index contributed by atoms with van der Waals surface area (Å²) in [5, 5.41) is 12.9. The second-order valence-electron chi connectivity index (χ2n) is 4.51. The number of phenolic OH excluding ortho intramolecular Hbond substituents is 1. The van der Waals surface area contributed by atoms with Crippen molar-refractivity contribution in [2.24, 2.45) is 0 Å². The van der Waals surface area contributed by atoms with E-state index in [1.165, 1.54) is 17.0 Å². The highest BCUT2D eigenvalue weighted by molar-refractivity contribution is 7.99. The van der Waals surface area contributed by atoms with Crippen molar-refractivity contribution in [3.63, 3.8) is 0 Å². The molecule has 0 aliphatic carbocycles. The maximum atomic E-state index is 11.9. The number of thioether (sulfide) groups is 1. The van der Waals surface area contributed by atoms with Gasteiger partial charge >= 0.3 is 0 Å². The molecular formula is C16H17N3O2S2. The molecule has 2 aromatic carbocycles. The number of benzene rings is 2. The molecule has 1 amide bonds. The second-order valence-corrected chi connectivity index (χ2v) is 6.09. The lowest BCUT2D eigenvalue weighted by molar-refractivity contribution is 0.0941. The van der Waals surface area contributed by atoms with Gasteiger partial charge in [-0.15, -0.1) is 11.8 Å². The molecule has 23 heavy (non-hydrogen) atoms. The van der Waals surface area contributed by atoms with Crippen molar-refractivity contribution in [1.82, 2.24) is 16.2 Å². The predicted octanol–water partition coefficient (Wildman–Crippen LogP) is 2.29. The SMILES string of the molecule is O=C(NNC(=S)NCCSc1ccccc1)c1ccccc1O. The normalized spacial score (nSPS) is 9.91. The number of thiocarbonyl (C=S) groups is 1. The van der Waals surface area contributed by atoms with Gasteiger partial charge in [0.2, 0.25) is 0 Å². The highest BCUT2D eigenvalue weighted by Crippen LogP contribution is 2.16. The van der Waals surface area contributed by atoms with Crippen LogP contribution in [0.25, 0.3) is 0 Å². The first-order valence-electron chi connectivity index (χ1n) is 6.97. The Balaban J connectivity index is 1.65. The number of para-hydroxylation sites is 1. The molecule has 2 rings (SSSR count). The quantitative estimate of drug-likeness (QED) is 0.288. The van der Waals surface area contributed by atoms with Gasteiger partial charge in [-0.05, 0) is 36.5 Å². The molecule has 5 nitrogen and oxygen atoms in total. The maximum Gasteiger partial charge on any atom is 0.273 e. The monoisotopic (exact) mass is 347 g/mol. The summed E-state index contributed by atoms with van der Waals surface area (Å²) in [5.41, 5.74) is 5.23. The van der Waals surface area contributed by atoms with E-state index in [9.17, 15) is 9.90 Å². The molecule has 0 spiro atoms. The molecule has 0 radical (unpaired) electrons. The van der Waals surface area contributed by atoms with Gasteiger partial charge in [0.25, 0.3) is 5.91 Å². The van der Waals surface area contributed by atoms with Gasteiger partial charge in [0, 0.05) is 17.2 Å². The molecule has 0 saturated heterocycles. The van der Waals surface area contributed by atoms with E-state index in [-0.39, 0.29) is 11.3 Å². The van der Waals surface area contributed by atoms with Crippen LogP contribution in [0.4, 0.5) is 0 Å². The van der Waals surface area contributed by atoms with Crippen LogP contribution in [0, 0.1) is 0 Å². The van der Waals surface area contributed by atoms with Crippen LogP contribution in [0.3, 0.4) is 0 Å². The zero-order valence-corrected chi connectivity index (χ0v) is 13.9. The zero-order valence-electron chi connectivity index (χ0n) is 12.3. The minimum absolute atomic E-state index is 0.0788. The van der Waals surface area contributed by atoms with E-state index < -0.39 is 5.91 Å². The largest absolute Gasteiger partial charge is 0.507 e. The number of rotatable bonds is 5. The molecule has 0 heterocycles. The number of hydrogen-bond acceptors (Lipinski definition) is 4. The Labute approximate surface area is 144 Å². The van der Waals surface area contributed by atoms with Crippen LogP contribution in [0.15, 0.2) is 59.5 Å². The smallest absolute Gasteiger partial charge is 0.273 e. The third-order valence-electron chi connectivity index (χ3n) is 2.84. The van der Waals surface area contributed by atoms with Crippen molar-refractivity contribution in [2.75, 3.05) is 12.3 Å². The molecular weight excluding hydrogens is 330 g/mol. The minimum Gasteiger partial charge on any atom is -0.507 e. The third-order valence-corrected chi connectivity index (χ3v) is 4.10. The number of nitrogens with one attached hydrogen (secondary N) is 3. The van der Waals surface area contributed by atoms with Crippen LogP contribution in [0.5, 0.6) is 5.75 Å². The lowest BCUT2D eigenvalue weighted by atomic mass is 10.2. The van der Waals surface area contributed by atoms with Crippen LogP contribution in [0.1, 0.15) is 10.4 Å². The topological polar surface area (TPSA) is 73.4 Å². The van der Waals surface area contributed by atoms with E-state index in [0.717, 1.165) is 5.75 Å². The molecule has 0 saturated carbocycles. The van der Waals surface area contributed by atoms with Crippen LogP contribution < -0.4 is 16.2 Å². The van der Waals surface area contributed by atoms with Gasteiger partial charge in [0.1, 0.15) is 5.75 Å². The fraction of sp³-hybridized carbons (Fsp3) is 0.125. The number of hydrazine groups is 1. The molecule has 0 bridgehead atoms. The van der Waals surface area contributed by atoms with Crippen molar-refractivity contribution in [3.05, 3.63) is 60.2 Å². The summed E-state index contributed by atoms with van der Waals surface area (Å²) in [6.07, 6.45) is 0. The van der Waals surface area contributed by atoms with E-state index in [2.05, 4.69) is 16.2 Å². The first-order valence-corrected chi connectivity index (χ1v) is 8.36. The summed E-state index contributed by atoms with van der Waals surface area (Å²) >= 11 is 6.79. The van der Waals surface area contributed by atoms with Gasteiger partial charge in [0.05, 0.1) is 5.56 Å². The number of phenols is 1. The Morgan fingerprint density at radius 1 is 1.04 bits per heavy atom.